The van der Waals surface area contributed by atoms with Crippen LogP contribution in [-0.2, 0) is 9.53 Å². The number of amides is 2. The molecule has 0 aliphatic carbocycles. The Bertz CT molecular complexity index is 821. The third-order valence-electron chi connectivity index (χ3n) is 3.02. The number of nitrogens with one attached hydrogen (secondary N) is 1. The van der Waals surface area contributed by atoms with E-state index in [9.17, 15) is 23.2 Å². The summed E-state index contributed by atoms with van der Waals surface area (Å²) in [4.78, 5) is 39.9. The molecule has 0 fully saturated rings. The molecule has 138 valence electrons. The van der Waals surface area contributed by atoms with Gasteiger partial charge in [-0.15, -0.1) is 11.3 Å². The number of ether oxygens (including phenoxy) is 2. The lowest BCUT2D eigenvalue weighted by Crippen LogP contribution is -2.34. The number of imide groups is 1. The van der Waals surface area contributed by atoms with Gasteiger partial charge in [-0.2, -0.15) is 8.78 Å². The van der Waals surface area contributed by atoms with E-state index in [-0.39, 0.29) is 16.2 Å². The van der Waals surface area contributed by atoms with Gasteiger partial charge in [0.05, 0.1) is 10.7 Å². The lowest BCUT2D eigenvalue weighted by Gasteiger charge is -2.07. The van der Waals surface area contributed by atoms with Crippen LogP contribution in [0.25, 0.3) is 0 Å². The van der Waals surface area contributed by atoms with Crippen molar-refractivity contribution in [1.82, 2.24) is 10.3 Å². The van der Waals surface area contributed by atoms with Crippen molar-refractivity contribution in [2.75, 3.05) is 6.61 Å². The van der Waals surface area contributed by atoms with Gasteiger partial charge in [-0.25, -0.2) is 9.78 Å². The molecule has 0 saturated carbocycles. The number of esters is 1. The predicted octanol–water partition coefficient (Wildman–Crippen LogP) is 2.47. The molecule has 26 heavy (non-hydrogen) atoms. The Morgan fingerprint density at radius 3 is 2.38 bits per heavy atom. The highest BCUT2D eigenvalue weighted by molar-refractivity contribution is 7.13. The van der Waals surface area contributed by atoms with E-state index in [0.717, 1.165) is 11.3 Å². The lowest BCUT2D eigenvalue weighted by molar-refractivity contribution is -0.123. The number of hydrogen-bond acceptors (Lipinski definition) is 7. The highest BCUT2D eigenvalue weighted by atomic mass is 32.1. The van der Waals surface area contributed by atoms with E-state index in [1.165, 1.54) is 24.3 Å². The molecule has 0 saturated heterocycles. The second-order valence-electron chi connectivity index (χ2n) is 5.00. The number of rotatable bonds is 6. The first-order chi connectivity index (χ1) is 12.3. The number of hydrogen-bond donors (Lipinski definition) is 1. The summed E-state index contributed by atoms with van der Waals surface area (Å²) in [7, 11) is 0. The maximum atomic E-state index is 12.1. The first kappa shape index (κ1) is 19.4. The number of thiazole rings is 1. The molecule has 0 spiro atoms. The molecule has 1 N–H and O–H groups in total. The smallest absolute Gasteiger partial charge is 0.387 e. The molecular formula is C16H14F2N2O5S. The van der Waals surface area contributed by atoms with Crippen LogP contribution in [0.3, 0.4) is 0 Å². The van der Waals surface area contributed by atoms with Gasteiger partial charge in [-0.3, -0.25) is 14.9 Å². The number of benzene rings is 1. The summed E-state index contributed by atoms with van der Waals surface area (Å²) in [6.45, 7) is -0.243. The second kappa shape index (κ2) is 8.48. The minimum atomic E-state index is -2.98. The minimum Gasteiger partial charge on any atom is -0.451 e. The van der Waals surface area contributed by atoms with Crippen molar-refractivity contribution in [3.8, 4) is 5.75 Å². The van der Waals surface area contributed by atoms with Crippen LogP contribution in [0.2, 0.25) is 0 Å². The summed E-state index contributed by atoms with van der Waals surface area (Å²) in [5.74, 6) is -2.41. The van der Waals surface area contributed by atoms with E-state index in [4.69, 9.17) is 4.74 Å². The van der Waals surface area contributed by atoms with Crippen LogP contribution in [0.1, 0.15) is 30.7 Å². The zero-order chi connectivity index (χ0) is 19.3. The van der Waals surface area contributed by atoms with Crippen LogP contribution in [0, 0.1) is 13.8 Å². The van der Waals surface area contributed by atoms with Gasteiger partial charge in [0.1, 0.15) is 10.6 Å². The highest BCUT2D eigenvalue weighted by Crippen LogP contribution is 2.18. The maximum Gasteiger partial charge on any atom is 0.387 e. The molecule has 0 aliphatic heterocycles. The molecule has 10 heteroatoms. The molecule has 0 aliphatic rings. The third-order valence-corrected chi connectivity index (χ3v) is 4.07. The normalized spacial score (nSPS) is 10.5. The number of carbonyl (C=O) groups is 3. The van der Waals surface area contributed by atoms with E-state index in [2.05, 4.69) is 9.72 Å². The first-order valence-electron chi connectivity index (χ1n) is 7.26. The second-order valence-corrected chi connectivity index (χ2v) is 6.21. The fourth-order valence-electron chi connectivity index (χ4n) is 1.94. The summed E-state index contributed by atoms with van der Waals surface area (Å²) in [6, 6.07) is 4.77. The molecule has 0 radical (unpaired) electrons. The fraction of sp³-hybridized carbons (Fsp3) is 0.250. The number of alkyl halides is 2. The first-order valence-corrected chi connectivity index (χ1v) is 8.08. The van der Waals surface area contributed by atoms with Crippen LogP contribution >= 0.6 is 11.3 Å². The Labute approximate surface area is 150 Å². The van der Waals surface area contributed by atoms with Crippen molar-refractivity contribution in [3.63, 3.8) is 0 Å². The van der Waals surface area contributed by atoms with Gasteiger partial charge in [0, 0.05) is 5.56 Å². The zero-order valence-corrected chi connectivity index (χ0v) is 14.6. The molecule has 0 atom stereocenters. The quantitative estimate of drug-likeness (QED) is 0.769. The molecule has 2 rings (SSSR count). The van der Waals surface area contributed by atoms with Gasteiger partial charge < -0.3 is 9.47 Å². The molecule has 2 aromatic rings. The van der Waals surface area contributed by atoms with E-state index in [0.29, 0.717) is 10.7 Å². The molecule has 0 bridgehead atoms. The summed E-state index contributed by atoms with van der Waals surface area (Å²) in [6.07, 6.45) is 0. The molecule has 1 aromatic heterocycles. The van der Waals surface area contributed by atoms with Crippen LogP contribution in [0.4, 0.5) is 8.78 Å². The highest BCUT2D eigenvalue weighted by Gasteiger charge is 2.18. The predicted molar refractivity (Wildman–Crippen MR) is 87.4 cm³/mol. The zero-order valence-electron chi connectivity index (χ0n) is 13.7. The Morgan fingerprint density at radius 2 is 1.85 bits per heavy atom. The van der Waals surface area contributed by atoms with Crippen LogP contribution in [-0.4, -0.2) is 36.0 Å². The Kier molecular flexibility index (Phi) is 6.34. The minimum absolute atomic E-state index is 0.0558. The van der Waals surface area contributed by atoms with Gasteiger partial charge in [0.2, 0.25) is 0 Å². The number of carbonyl (C=O) groups excluding carboxylic acids is 3. The van der Waals surface area contributed by atoms with Crippen LogP contribution in [0.15, 0.2) is 24.3 Å². The van der Waals surface area contributed by atoms with E-state index < -0.39 is 31.0 Å². The molecular weight excluding hydrogens is 370 g/mol. The number of nitrogens with zero attached hydrogens (tertiary/aromatic N) is 1. The average molecular weight is 384 g/mol. The van der Waals surface area contributed by atoms with E-state index in [1.807, 2.05) is 5.32 Å². The van der Waals surface area contributed by atoms with Crippen molar-refractivity contribution in [2.45, 2.75) is 20.5 Å². The van der Waals surface area contributed by atoms with Crippen molar-refractivity contribution in [2.24, 2.45) is 0 Å². The number of aromatic nitrogens is 1. The van der Waals surface area contributed by atoms with Crippen molar-refractivity contribution in [3.05, 3.63) is 45.4 Å². The molecule has 0 unspecified atom stereocenters. The lowest BCUT2D eigenvalue weighted by atomic mass is 10.2. The average Bonchev–Trinajstić information content (AvgIpc) is 2.91. The molecule has 1 heterocycles. The fourth-order valence-corrected chi connectivity index (χ4v) is 2.75. The summed E-state index contributed by atoms with van der Waals surface area (Å²) < 4.78 is 33.1. The number of aryl methyl sites for hydroxylation is 2. The topological polar surface area (TPSA) is 94.6 Å². The summed E-state index contributed by atoms with van der Waals surface area (Å²) in [5, 5.41) is 2.72. The Morgan fingerprint density at radius 1 is 1.19 bits per heavy atom. The van der Waals surface area contributed by atoms with Gasteiger partial charge in [-0.05, 0) is 38.1 Å². The Balaban J connectivity index is 1.86. The third kappa shape index (κ3) is 5.31. The Hall–Kier alpha value is -2.88. The van der Waals surface area contributed by atoms with Gasteiger partial charge >= 0.3 is 12.6 Å². The standard InChI is InChI=1S/C16H14F2N2O5S/c1-8-13(26-9(2)19-8)15(23)24-7-12(21)20-14(22)10-3-5-11(6-4-10)25-16(17)18/h3-6,16H,7H2,1-2H3,(H,20,21,22). The van der Waals surface area contributed by atoms with E-state index in [1.54, 1.807) is 13.8 Å². The summed E-state index contributed by atoms with van der Waals surface area (Å²) >= 11 is 1.14. The maximum absolute atomic E-state index is 12.1. The van der Waals surface area contributed by atoms with Crippen molar-refractivity contribution in [1.29, 1.82) is 0 Å². The van der Waals surface area contributed by atoms with Crippen LogP contribution < -0.4 is 10.1 Å². The van der Waals surface area contributed by atoms with Crippen LogP contribution in [0.5, 0.6) is 5.75 Å². The largest absolute Gasteiger partial charge is 0.451 e. The number of halogens is 2. The van der Waals surface area contributed by atoms with Gasteiger partial charge in [-0.1, -0.05) is 0 Å². The molecule has 7 nitrogen and oxygen atoms in total. The van der Waals surface area contributed by atoms with Crippen molar-refractivity contribution >= 4 is 29.1 Å². The van der Waals surface area contributed by atoms with Gasteiger partial charge in [0.15, 0.2) is 6.61 Å². The van der Waals surface area contributed by atoms with Crippen molar-refractivity contribution < 1.29 is 32.6 Å². The van der Waals surface area contributed by atoms with E-state index >= 15 is 0 Å². The summed E-state index contributed by atoms with van der Waals surface area (Å²) in [5.41, 5.74) is 0.556. The molecule has 2 amide bonds. The monoisotopic (exact) mass is 384 g/mol. The molecule has 1 aromatic carbocycles. The van der Waals surface area contributed by atoms with Gasteiger partial charge in [0.25, 0.3) is 11.8 Å². The SMILES string of the molecule is Cc1nc(C)c(C(=O)OCC(=O)NC(=O)c2ccc(OC(F)F)cc2)s1.